The maximum atomic E-state index is 10.8. The van der Waals surface area contributed by atoms with Gasteiger partial charge < -0.3 is 5.11 Å². The van der Waals surface area contributed by atoms with Gasteiger partial charge in [-0.15, -0.1) is 0 Å². The second-order valence-corrected chi connectivity index (χ2v) is 10.1. The van der Waals surface area contributed by atoms with E-state index < -0.39 is 14.0 Å². The smallest absolute Gasteiger partial charge is 0.330 e. The Labute approximate surface area is 107 Å². The Balaban J connectivity index is 4.76. The third-order valence-corrected chi connectivity index (χ3v) is 9.27. The second-order valence-electron chi connectivity index (χ2n) is 5.15. The first-order valence-corrected chi connectivity index (χ1v) is 9.74. The van der Waals surface area contributed by atoms with E-state index in [0.29, 0.717) is 5.57 Å². The van der Waals surface area contributed by atoms with Gasteiger partial charge >= 0.3 is 5.97 Å². The molecule has 0 spiro atoms. The van der Waals surface area contributed by atoms with Gasteiger partial charge in [-0.3, -0.25) is 0 Å². The fourth-order valence-corrected chi connectivity index (χ4v) is 8.01. The van der Waals surface area contributed by atoms with Crippen molar-refractivity contribution in [2.75, 3.05) is 0 Å². The van der Waals surface area contributed by atoms with Crippen LogP contribution in [-0.4, -0.2) is 19.1 Å². The van der Waals surface area contributed by atoms with Crippen LogP contribution in [-0.2, 0) is 4.79 Å². The topological polar surface area (TPSA) is 37.3 Å². The quantitative estimate of drug-likeness (QED) is 0.480. The summed E-state index contributed by atoms with van der Waals surface area (Å²) >= 11 is 0. The van der Waals surface area contributed by atoms with Crippen LogP contribution in [0.1, 0.15) is 47.0 Å². The van der Waals surface area contributed by atoms with Gasteiger partial charge in [0.2, 0.25) is 0 Å². The Bertz CT molecular complexity index is 242. The molecule has 17 heavy (non-hydrogen) atoms. The average Bonchev–Trinajstić information content (AvgIpc) is 2.27. The summed E-state index contributed by atoms with van der Waals surface area (Å²) in [6.07, 6.45) is 5.71. The van der Waals surface area contributed by atoms with Crippen molar-refractivity contribution in [2.45, 2.75) is 71.1 Å². The highest BCUT2D eigenvalue weighted by Gasteiger charge is 2.28. The minimum Gasteiger partial charge on any atom is -0.478 e. The minimum absolute atomic E-state index is 0.519. The Morgan fingerprint density at radius 2 is 1.47 bits per heavy atom. The number of rotatable bonds is 9. The molecule has 100 valence electrons. The lowest BCUT2D eigenvalue weighted by Crippen LogP contribution is -2.32. The van der Waals surface area contributed by atoms with Crippen LogP contribution in [0.15, 0.2) is 11.6 Å². The molecule has 0 aliphatic rings. The normalized spacial score (nSPS) is 12.8. The van der Waals surface area contributed by atoms with Gasteiger partial charge in [0.05, 0.1) is 8.07 Å². The standard InChI is InChI=1S/C14H28O2Si/c1-5-9-17(10-6-2,11-7-3)12-8-13(4)14(15)16/h8H,5-7,9-12H2,1-4H3,(H,15,16). The van der Waals surface area contributed by atoms with Crippen LogP contribution >= 0.6 is 0 Å². The molecule has 0 atom stereocenters. The van der Waals surface area contributed by atoms with Crippen molar-refractivity contribution >= 4 is 14.0 Å². The first-order valence-electron chi connectivity index (χ1n) is 6.91. The van der Waals surface area contributed by atoms with Crippen LogP contribution in [0.3, 0.4) is 0 Å². The van der Waals surface area contributed by atoms with E-state index in [2.05, 4.69) is 20.8 Å². The molecule has 0 radical (unpaired) electrons. The fourth-order valence-electron chi connectivity index (χ4n) is 2.73. The summed E-state index contributed by atoms with van der Waals surface area (Å²) in [5.74, 6) is -0.766. The van der Waals surface area contributed by atoms with E-state index in [1.54, 1.807) is 6.92 Å². The molecule has 2 nitrogen and oxygen atoms in total. The zero-order valence-electron chi connectivity index (χ0n) is 11.9. The number of carboxylic acid groups (broad SMARTS) is 1. The van der Waals surface area contributed by atoms with Gasteiger partial charge in [-0.25, -0.2) is 4.79 Å². The predicted molar refractivity (Wildman–Crippen MR) is 77.2 cm³/mol. The van der Waals surface area contributed by atoms with Gasteiger partial charge in [0.25, 0.3) is 0 Å². The molecule has 0 saturated heterocycles. The SMILES string of the molecule is CCC[Si](CC=C(C)C(=O)O)(CCC)CCC. The summed E-state index contributed by atoms with van der Waals surface area (Å²) in [5.41, 5.74) is 0.519. The summed E-state index contributed by atoms with van der Waals surface area (Å²) in [6.45, 7) is 8.47. The first-order chi connectivity index (χ1) is 8.01. The molecule has 0 unspecified atom stereocenters. The van der Waals surface area contributed by atoms with Crippen molar-refractivity contribution in [2.24, 2.45) is 0 Å². The molecule has 0 aromatic rings. The Hall–Kier alpha value is -0.573. The highest BCUT2D eigenvalue weighted by molar-refractivity contribution is 6.80. The lowest BCUT2D eigenvalue weighted by atomic mass is 10.3. The maximum absolute atomic E-state index is 10.8. The average molecular weight is 256 g/mol. The number of carbonyl (C=O) groups is 1. The highest BCUT2D eigenvalue weighted by atomic mass is 28.3. The third-order valence-electron chi connectivity index (χ3n) is 3.52. The van der Waals surface area contributed by atoms with Crippen LogP contribution in [0.4, 0.5) is 0 Å². The molecule has 0 fully saturated rings. The van der Waals surface area contributed by atoms with E-state index in [4.69, 9.17) is 5.11 Å². The molecule has 0 rings (SSSR count). The molecule has 0 aromatic heterocycles. The van der Waals surface area contributed by atoms with Crippen molar-refractivity contribution in [1.82, 2.24) is 0 Å². The lowest BCUT2D eigenvalue weighted by molar-refractivity contribution is -0.132. The number of hydrogen-bond acceptors (Lipinski definition) is 1. The monoisotopic (exact) mass is 256 g/mol. The van der Waals surface area contributed by atoms with Crippen LogP contribution < -0.4 is 0 Å². The van der Waals surface area contributed by atoms with E-state index in [1.807, 2.05) is 6.08 Å². The first kappa shape index (κ1) is 16.4. The van der Waals surface area contributed by atoms with Crippen LogP contribution in [0.5, 0.6) is 0 Å². The lowest BCUT2D eigenvalue weighted by Gasteiger charge is -2.30. The van der Waals surface area contributed by atoms with E-state index >= 15 is 0 Å². The fraction of sp³-hybridized carbons (Fsp3) is 0.786. The molecular formula is C14H28O2Si. The summed E-state index contributed by atoms with van der Waals surface area (Å²) in [7, 11) is -1.24. The molecule has 0 bridgehead atoms. The van der Waals surface area contributed by atoms with E-state index in [-0.39, 0.29) is 0 Å². The Morgan fingerprint density at radius 3 is 1.76 bits per heavy atom. The van der Waals surface area contributed by atoms with E-state index in [0.717, 1.165) is 6.04 Å². The second kappa shape index (κ2) is 8.51. The molecule has 0 saturated carbocycles. The minimum atomic E-state index is -1.24. The number of allylic oxidation sites excluding steroid dienone is 1. The van der Waals surface area contributed by atoms with E-state index in [9.17, 15) is 4.79 Å². The number of carboxylic acids is 1. The molecule has 0 aliphatic heterocycles. The van der Waals surface area contributed by atoms with Crippen molar-refractivity contribution in [3.05, 3.63) is 11.6 Å². The molecule has 0 aromatic carbocycles. The van der Waals surface area contributed by atoms with Crippen molar-refractivity contribution < 1.29 is 9.90 Å². The molecule has 3 heteroatoms. The Kier molecular flexibility index (Phi) is 8.22. The van der Waals surface area contributed by atoms with Crippen molar-refractivity contribution in [3.8, 4) is 0 Å². The largest absolute Gasteiger partial charge is 0.478 e. The van der Waals surface area contributed by atoms with Crippen LogP contribution in [0.2, 0.25) is 24.2 Å². The zero-order valence-corrected chi connectivity index (χ0v) is 12.9. The zero-order chi connectivity index (χ0) is 13.3. The van der Waals surface area contributed by atoms with Gasteiger partial charge in [0, 0.05) is 5.57 Å². The Morgan fingerprint density at radius 1 is 1.06 bits per heavy atom. The van der Waals surface area contributed by atoms with Gasteiger partial charge in [-0.1, -0.05) is 64.2 Å². The number of hydrogen-bond donors (Lipinski definition) is 1. The summed E-state index contributed by atoms with van der Waals surface area (Å²) < 4.78 is 0. The van der Waals surface area contributed by atoms with Gasteiger partial charge in [0.15, 0.2) is 0 Å². The summed E-state index contributed by atoms with van der Waals surface area (Å²) in [5, 5.41) is 8.92. The third kappa shape index (κ3) is 6.06. The molecule has 0 heterocycles. The van der Waals surface area contributed by atoms with E-state index in [1.165, 1.54) is 37.4 Å². The molecule has 0 aliphatic carbocycles. The van der Waals surface area contributed by atoms with Gasteiger partial charge in [-0.2, -0.15) is 0 Å². The van der Waals surface area contributed by atoms with Gasteiger partial charge in [-0.05, 0) is 13.0 Å². The predicted octanol–water partition coefficient (Wildman–Crippen LogP) is 4.70. The molecular weight excluding hydrogens is 228 g/mol. The van der Waals surface area contributed by atoms with Gasteiger partial charge in [0.1, 0.15) is 0 Å². The number of aliphatic carboxylic acids is 1. The summed E-state index contributed by atoms with van der Waals surface area (Å²) in [4.78, 5) is 10.8. The van der Waals surface area contributed by atoms with Crippen molar-refractivity contribution in [3.63, 3.8) is 0 Å². The van der Waals surface area contributed by atoms with Crippen LogP contribution in [0, 0.1) is 0 Å². The maximum Gasteiger partial charge on any atom is 0.330 e. The molecule has 1 N–H and O–H groups in total. The molecule has 0 amide bonds. The summed E-state index contributed by atoms with van der Waals surface area (Å²) in [6, 6.07) is 5.09. The van der Waals surface area contributed by atoms with Crippen LogP contribution in [0.25, 0.3) is 0 Å². The highest BCUT2D eigenvalue weighted by Crippen LogP contribution is 2.31. The van der Waals surface area contributed by atoms with Crippen molar-refractivity contribution in [1.29, 1.82) is 0 Å².